The van der Waals surface area contributed by atoms with Crippen LogP contribution < -0.4 is 9.47 Å². The summed E-state index contributed by atoms with van der Waals surface area (Å²) in [7, 11) is 1.33. The Morgan fingerprint density at radius 1 is 0.815 bits per heavy atom. The molecule has 27 heavy (non-hydrogen) atoms. The molecule has 0 aromatic heterocycles. The van der Waals surface area contributed by atoms with Crippen LogP contribution >= 0.6 is 0 Å². The van der Waals surface area contributed by atoms with Gasteiger partial charge in [0.1, 0.15) is 0 Å². The maximum Gasteiger partial charge on any atom is 0.204 e. The standard InChI is InChI=1S/C23H34F2O2/c1-3-4-16-5-9-18(10-6-16)19-11-7-17(8-12-19)15-27-21-14-13-20(26-2)22(24)23(21)25/h13-14,16-19H,3-12,15H2,1-2H3/t16-,17?,18-,19?. The molecule has 0 heterocycles. The quantitative estimate of drug-likeness (QED) is 0.520. The Kier molecular flexibility index (Phi) is 7.37. The van der Waals surface area contributed by atoms with Gasteiger partial charge in [-0.3, -0.25) is 0 Å². The van der Waals surface area contributed by atoms with Crippen molar-refractivity contribution in [1.29, 1.82) is 0 Å². The van der Waals surface area contributed by atoms with Crippen LogP contribution in [0.2, 0.25) is 0 Å². The highest BCUT2D eigenvalue weighted by atomic mass is 19.2. The van der Waals surface area contributed by atoms with Crippen LogP contribution in [0.1, 0.15) is 71.1 Å². The van der Waals surface area contributed by atoms with E-state index in [2.05, 4.69) is 6.92 Å². The second-order valence-electron chi connectivity index (χ2n) is 8.56. The van der Waals surface area contributed by atoms with E-state index in [0.29, 0.717) is 12.5 Å². The largest absolute Gasteiger partial charge is 0.494 e. The summed E-state index contributed by atoms with van der Waals surface area (Å²) in [6.45, 7) is 2.76. The number of halogens is 2. The van der Waals surface area contributed by atoms with Crippen molar-refractivity contribution in [3.63, 3.8) is 0 Å². The van der Waals surface area contributed by atoms with Crippen molar-refractivity contribution in [3.8, 4) is 11.5 Å². The van der Waals surface area contributed by atoms with Gasteiger partial charge in [-0.1, -0.05) is 32.6 Å². The minimum Gasteiger partial charge on any atom is -0.494 e. The lowest BCUT2D eigenvalue weighted by atomic mass is 9.69. The highest BCUT2D eigenvalue weighted by Gasteiger charge is 2.31. The first-order valence-electron chi connectivity index (χ1n) is 10.8. The molecule has 3 rings (SSSR count). The third kappa shape index (κ3) is 5.14. The van der Waals surface area contributed by atoms with Crippen LogP contribution in [0.4, 0.5) is 8.78 Å². The van der Waals surface area contributed by atoms with Crippen molar-refractivity contribution in [2.75, 3.05) is 13.7 Å². The highest BCUT2D eigenvalue weighted by molar-refractivity contribution is 5.34. The predicted molar refractivity (Wildman–Crippen MR) is 104 cm³/mol. The number of hydrogen-bond acceptors (Lipinski definition) is 2. The molecule has 2 aliphatic rings. The average Bonchev–Trinajstić information content (AvgIpc) is 2.70. The summed E-state index contributed by atoms with van der Waals surface area (Å²) < 4.78 is 38.2. The number of rotatable bonds is 7. The maximum atomic E-state index is 14.0. The van der Waals surface area contributed by atoms with Crippen LogP contribution in [0.15, 0.2) is 12.1 Å². The first kappa shape index (κ1) is 20.4. The Bertz CT molecular complexity index is 588. The predicted octanol–water partition coefficient (Wildman–Crippen LogP) is 6.77. The molecule has 4 heteroatoms. The molecule has 0 radical (unpaired) electrons. The van der Waals surface area contributed by atoms with E-state index in [4.69, 9.17) is 9.47 Å². The van der Waals surface area contributed by atoms with Gasteiger partial charge in [0.05, 0.1) is 13.7 Å². The molecular formula is C23H34F2O2. The Morgan fingerprint density at radius 2 is 1.33 bits per heavy atom. The third-order valence-electron chi connectivity index (χ3n) is 6.85. The van der Waals surface area contributed by atoms with Gasteiger partial charge < -0.3 is 9.47 Å². The average molecular weight is 381 g/mol. The summed E-state index contributed by atoms with van der Waals surface area (Å²) in [6.07, 6.45) is 13.2. The smallest absolute Gasteiger partial charge is 0.204 e. The summed E-state index contributed by atoms with van der Waals surface area (Å²) >= 11 is 0. The summed E-state index contributed by atoms with van der Waals surface area (Å²) in [5, 5.41) is 0. The molecule has 0 aliphatic heterocycles. The fourth-order valence-corrected chi connectivity index (χ4v) is 5.17. The lowest BCUT2D eigenvalue weighted by molar-refractivity contribution is 0.120. The van der Waals surface area contributed by atoms with Gasteiger partial charge in [-0.2, -0.15) is 8.78 Å². The van der Waals surface area contributed by atoms with E-state index in [9.17, 15) is 8.78 Å². The van der Waals surface area contributed by atoms with E-state index in [1.807, 2.05) is 0 Å². The molecule has 0 atom stereocenters. The normalized spacial score (nSPS) is 28.7. The second kappa shape index (κ2) is 9.75. The summed E-state index contributed by atoms with van der Waals surface area (Å²) in [6, 6.07) is 2.87. The minimum atomic E-state index is -0.975. The zero-order valence-corrected chi connectivity index (χ0v) is 16.8. The highest BCUT2D eigenvalue weighted by Crippen LogP contribution is 2.42. The Labute approximate surface area is 162 Å². The molecule has 1 aromatic carbocycles. The maximum absolute atomic E-state index is 14.0. The van der Waals surface area contributed by atoms with Gasteiger partial charge in [-0.05, 0) is 74.3 Å². The molecule has 0 unspecified atom stereocenters. The number of hydrogen-bond donors (Lipinski definition) is 0. The molecule has 0 N–H and O–H groups in total. The van der Waals surface area contributed by atoms with E-state index in [1.54, 1.807) is 0 Å². The molecular weight excluding hydrogens is 346 g/mol. The third-order valence-corrected chi connectivity index (χ3v) is 6.85. The monoisotopic (exact) mass is 380 g/mol. The Morgan fingerprint density at radius 3 is 1.89 bits per heavy atom. The van der Waals surface area contributed by atoms with Crippen LogP contribution in [0.25, 0.3) is 0 Å². The van der Waals surface area contributed by atoms with Crippen LogP contribution in [-0.4, -0.2) is 13.7 Å². The SMILES string of the molecule is CCC[C@H]1CC[C@H](C2CCC(COc3ccc(OC)c(F)c3F)CC2)CC1. The molecule has 0 spiro atoms. The zero-order valence-electron chi connectivity index (χ0n) is 16.8. The van der Waals surface area contributed by atoms with Crippen molar-refractivity contribution >= 4 is 0 Å². The number of benzene rings is 1. The van der Waals surface area contributed by atoms with Gasteiger partial charge in [-0.15, -0.1) is 0 Å². The molecule has 1 aromatic rings. The van der Waals surface area contributed by atoms with Gasteiger partial charge in [0.2, 0.25) is 11.6 Å². The van der Waals surface area contributed by atoms with E-state index in [-0.39, 0.29) is 11.5 Å². The topological polar surface area (TPSA) is 18.5 Å². The van der Waals surface area contributed by atoms with Crippen LogP contribution in [-0.2, 0) is 0 Å². The lowest BCUT2D eigenvalue weighted by Crippen LogP contribution is -2.27. The molecule has 2 fully saturated rings. The van der Waals surface area contributed by atoms with E-state index in [0.717, 1.165) is 30.6 Å². The minimum absolute atomic E-state index is 0.00956. The zero-order chi connectivity index (χ0) is 19.2. The lowest BCUT2D eigenvalue weighted by Gasteiger charge is -2.37. The van der Waals surface area contributed by atoms with E-state index in [1.165, 1.54) is 70.6 Å². The van der Waals surface area contributed by atoms with Crippen molar-refractivity contribution in [3.05, 3.63) is 23.8 Å². The molecule has 2 aliphatic carbocycles. The van der Waals surface area contributed by atoms with Gasteiger partial charge in [-0.25, -0.2) is 0 Å². The molecule has 152 valence electrons. The Hall–Kier alpha value is -1.32. The second-order valence-corrected chi connectivity index (χ2v) is 8.56. The van der Waals surface area contributed by atoms with Crippen LogP contribution in [0.3, 0.4) is 0 Å². The fraction of sp³-hybridized carbons (Fsp3) is 0.739. The van der Waals surface area contributed by atoms with Gasteiger partial charge in [0.15, 0.2) is 11.5 Å². The Balaban J connectivity index is 1.42. The number of ether oxygens (including phenoxy) is 2. The van der Waals surface area contributed by atoms with Gasteiger partial charge in [0.25, 0.3) is 0 Å². The van der Waals surface area contributed by atoms with Crippen molar-refractivity contribution in [2.24, 2.45) is 23.7 Å². The fourth-order valence-electron chi connectivity index (χ4n) is 5.17. The van der Waals surface area contributed by atoms with Crippen LogP contribution in [0.5, 0.6) is 11.5 Å². The van der Waals surface area contributed by atoms with Crippen LogP contribution in [0, 0.1) is 35.3 Å². The first-order chi connectivity index (χ1) is 13.1. The van der Waals surface area contributed by atoms with Crippen molar-refractivity contribution in [2.45, 2.75) is 71.1 Å². The molecule has 2 saturated carbocycles. The molecule has 0 saturated heterocycles. The van der Waals surface area contributed by atoms with Gasteiger partial charge >= 0.3 is 0 Å². The molecule has 0 bridgehead atoms. The summed E-state index contributed by atoms with van der Waals surface area (Å²) in [5.41, 5.74) is 0. The van der Waals surface area contributed by atoms with E-state index < -0.39 is 11.6 Å². The van der Waals surface area contributed by atoms with Crippen molar-refractivity contribution < 1.29 is 18.3 Å². The summed E-state index contributed by atoms with van der Waals surface area (Å²) in [4.78, 5) is 0. The summed E-state index contributed by atoms with van der Waals surface area (Å²) in [5.74, 6) is 1.16. The van der Waals surface area contributed by atoms with Gasteiger partial charge in [0, 0.05) is 0 Å². The number of methoxy groups -OCH3 is 1. The molecule has 0 amide bonds. The van der Waals surface area contributed by atoms with E-state index >= 15 is 0 Å². The molecule has 2 nitrogen and oxygen atoms in total. The van der Waals surface area contributed by atoms with Crippen molar-refractivity contribution in [1.82, 2.24) is 0 Å². The first-order valence-corrected chi connectivity index (χ1v) is 10.8.